The van der Waals surface area contributed by atoms with Crippen LogP contribution in [0, 0.1) is 17.3 Å². The van der Waals surface area contributed by atoms with E-state index in [2.05, 4.69) is 37.8 Å². The van der Waals surface area contributed by atoms with Gasteiger partial charge in [-0.3, -0.25) is 0 Å². The van der Waals surface area contributed by atoms with Gasteiger partial charge in [-0.05, 0) is 55.4 Å². The number of thioether (sulfide) groups is 1. The fourth-order valence-corrected chi connectivity index (χ4v) is 4.96. The summed E-state index contributed by atoms with van der Waals surface area (Å²) >= 11 is 2.21. The van der Waals surface area contributed by atoms with Gasteiger partial charge in [-0.25, -0.2) is 0 Å². The summed E-state index contributed by atoms with van der Waals surface area (Å²) in [5.74, 6) is 3.21. The van der Waals surface area contributed by atoms with Gasteiger partial charge in [-0.1, -0.05) is 20.8 Å². The van der Waals surface area contributed by atoms with Crippen molar-refractivity contribution in [1.82, 2.24) is 5.32 Å². The third kappa shape index (κ3) is 2.52. The van der Waals surface area contributed by atoms with Crippen LogP contribution in [0.5, 0.6) is 0 Å². The Hall–Kier alpha value is 0.310. The molecule has 0 bridgehead atoms. The van der Waals surface area contributed by atoms with Gasteiger partial charge in [0.2, 0.25) is 0 Å². The van der Waals surface area contributed by atoms with Crippen LogP contribution in [-0.2, 0) is 0 Å². The first kappa shape index (κ1) is 11.8. The minimum Gasteiger partial charge on any atom is -0.316 e. The molecule has 0 aromatic carbocycles. The average Bonchev–Trinajstić information content (AvgIpc) is 2.52. The SMILES string of the molecule is CC(C)CC1CNCCC12CSC(C)C2. The van der Waals surface area contributed by atoms with Crippen LogP contribution in [0.3, 0.4) is 0 Å². The molecule has 3 atom stereocenters. The Labute approximate surface area is 98.8 Å². The second-order valence-electron chi connectivity index (χ2n) is 5.97. The first-order valence-electron chi connectivity index (χ1n) is 6.45. The van der Waals surface area contributed by atoms with Crippen molar-refractivity contribution in [3.05, 3.63) is 0 Å². The molecule has 1 nitrogen and oxygen atoms in total. The maximum atomic E-state index is 3.60. The Kier molecular flexibility index (Phi) is 3.67. The molecule has 1 spiro atoms. The van der Waals surface area contributed by atoms with Crippen LogP contribution < -0.4 is 5.32 Å². The minimum atomic E-state index is 0.694. The molecule has 0 aromatic heterocycles. The zero-order valence-electron chi connectivity index (χ0n) is 10.4. The number of hydrogen-bond acceptors (Lipinski definition) is 2. The predicted molar refractivity (Wildman–Crippen MR) is 69.4 cm³/mol. The summed E-state index contributed by atoms with van der Waals surface area (Å²) < 4.78 is 0. The average molecular weight is 227 g/mol. The van der Waals surface area contributed by atoms with E-state index in [9.17, 15) is 0 Å². The van der Waals surface area contributed by atoms with E-state index in [-0.39, 0.29) is 0 Å². The summed E-state index contributed by atoms with van der Waals surface area (Å²) in [6.07, 6.45) is 4.30. The maximum absolute atomic E-state index is 3.60. The molecule has 2 heterocycles. The van der Waals surface area contributed by atoms with E-state index in [4.69, 9.17) is 0 Å². The lowest BCUT2D eigenvalue weighted by Gasteiger charge is -2.42. The highest BCUT2D eigenvalue weighted by atomic mass is 32.2. The van der Waals surface area contributed by atoms with E-state index in [1.807, 2.05) is 0 Å². The molecule has 2 aliphatic heterocycles. The Morgan fingerprint density at radius 3 is 2.87 bits per heavy atom. The standard InChI is InChI=1S/C13H25NS/c1-10(2)6-12-8-14-5-4-13(12)7-11(3)15-9-13/h10-12,14H,4-9H2,1-3H3. The van der Waals surface area contributed by atoms with Gasteiger partial charge in [0.05, 0.1) is 0 Å². The topological polar surface area (TPSA) is 12.0 Å². The molecule has 1 N–H and O–H groups in total. The highest BCUT2D eigenvalue weighted by Gasteiger charge is 2.45. The van der Waals surface area contributed by atoms with E-state index >= 15 is 0 Å². The Bertz CT molecular complexity index is 213. The normalized spacial score (nSPS) is 41.6. The molecule has 0 saturated carbocycles. The highest BCUT2D eigenvalue weighted by molar-refractivity contribution is 8.00. The second-order valence-corrected chi connectivity index (χ2v) is 7.40. The highest BCUT2D eigenvalue weighted by Crippen LogP contribution is 2.51. The number of rotatable bonds is 2. The monoisotopic (exact) mass is 227 g/mol. The lowest BCUT2D eigenvalue weighted by atomic mass is 9.67. The van der Waals surface area contributed by atoms with Crippen LogP contribution in [0.1, 0.15) is 40.0 Å². The number of nitrogens with one attached hydrogen (secondary N) is 1. The second kappa shape index (κ2) is 4.67. The molecule has 2 saturated heterocycles. The zero-order chi connectivity index (χ0) is 10.9. The molecule has 0 aliphatic carbocycles. The summed E-state index contributed by atoms with van der Waals surface area (Å²) in [7, 11) is 0. The summed E-state index contributed by atoms with van der Waals surface area (Å²) in [6, 6.07) is 0. The quantitative estimate of drug-likeness (QED) is 0.778. The van der Waals surface area contributed by atoms with Crippen LogP contribution in [0.15, 0.2) is 0 Å². The molecule has 2 heteroatoms. The van der Waals surface area contributed by atoms with Gasteiger partial charge in [0.25, 0.3) is 0 Å². The first-order chi connectivity index (χ1) is 7.12. The third-order valence-electron chi connectivity index (χ3n) is 4.16. The summed E-state index contributed by atoms with van der Waals surface area (Å²) in [5.41, 5.74) is 0.694. The van der Waals surface area contributed by atoms with Gasteiger partial charge in [-0.2, -0.15) is 11.8 Å². The fourth-order valence-electron chi connectivity index (χ4n) is 3.39. The van der Waals surface area contributed by atoms with Crippen molar-refractivity contribution in [3.8, 4) is 0 Å². The Morgan fingerprint density at radius 2 is 2.27 bits per heavy atom. The summed E-state index contributed by atoms with van der Waals surface area (Å²) in [6.45, 7) is 9.67. The van der Waals surface area contributed by atoms with E-state index in [1.54, 1.807) is 0 Å². The molecule has 0 amide bonds. The summed E-state index contributed by atoms with van der Waals surface area (Å²) in [4.78, 5) is 0. The number of piperidine rings is 1. The van der Waals surface area contributed by atoms with Crippen LogP contribution in [0.2, 0.25) is 0 Å². The zero-order valence-corrected chi connectivity index (χ0v) is 11.2. The van der Waals surface area contributed by atoms with E-state index in [0.717, 1.165) is 17.1 Å². The van der Waals surface area contributed by atoms with E-state index in [1.165, 1.54) is 38.1 Å². The third-order valence-corrected chi connectivity index (χ3v) is 5.64. The molecule has 0 radical (unpaired) electrons. The van der Waals surface area contributed by atoms with E-state index in [0.29, 0.717) is 5.41 Å². The first-order valence-corrected chi connectivity index (χ1v) is 7.49. The van der Waals surface area contributed by atoms with Gasteiger partial charge in [-0.15, -0.1) is 0 Å². The molecule has 0 aromatic rings. The van der Waals surface area contributed by atoms with Crippen molar-refractivity contribution < 1.29 is 0 Å². The van der Waals surface area contributed by atoms with Gasteiger partial charge in [0, 0.05) is 5.25 Å². The largest absolute Gasteiger partial charge is 0.316 e. The Balaban J connectivity index is 2.05. The van der Waals surface area contributed by atoms with E-state index < -0.39 is 0 Å². The maximum Gasteiger partial charge on any atom is 0.00246 e. The van der Waals surface area contributed by atoms with Gasteiger partial charge in [0.1, 0.15) is 0 Å². The molecule has 2 fully saturated rings. The molecule has 3 unspecified atom stereocenters. The molecule has 88 valence electrons. The fraction of sp³-hybridized carbons (Fsp3) is 1.00. The summed E-state index contributed by atoms with van der Waals surface area (Å²) in [5, 5.41) is 4.50. The van der Waals surface area contributed by atoms with Crippen LogP contribution in [0.25, 0.3) is 0 Å². The predicted octanol–water partition coefficient (Wildman–Crippen LogP) is 3.15. The van der Waals surface area contributed by atoms with Crippen molar-refractivity contribution in [2.75, 3.05) is 18.8 Å². The molecule has 15 heavy (non-hydrogen) atoms. The molecule has 2 rings (SSSR count). The molecular weight excluding hydrogens is 202 g/mol. The minimum absolute atomic E-state index is 0.694. The Morgan fingerprint density at radius 1 is 1.47 bits per heavy atom. The van der Waals surface area contributed by atoms with Crippen molar-refractivity contribution in [1.29, 1.82) is 0 Å². The van der Waals surface area contributed by atoms with Crippen LogP contribution in [0.4, 0.5) is 0 Å². The molecular formula is C13H25NS. The van der Waals surface area contributed by atoms with Crippen LogP contribution in [-0.4, -0.2) is 24.1 Å². The molecule has 2 aliphatic rings. The van der Waals surface area contributed by atoms with Gasteiger partial charge >= 0.3 is 0 Å². The lowest BCUT2D eigenvalue weighted by molar-refractivity contribution is 0.113. The van der Waals surface area contributed by atoms with Crippen molar-refractivity contribution >= 4 is 11.8 Å². The van der Waals surface area contributed by atoms with Crippen molar-refractivity contribution in [2.45, 2.75) is 45.3 Å². The van der Waals surface area contributed by atoms with Gasteiger partial charge < -0.3 is 5.32 Å². The van der Waals surface area contributed by atoms with Crippen molar-refractivity contribution in [2.24, 2.45) is 17.3 Å². The van der Waals surface area contributed by atoms with Crippen LogP contribution >= 0.6 is 11.8 Å². The smallest absolute Gasteiger partial charge is 0.00246 e. The number of hydrogen-bond donors (Lipinski definition) is 1. The van der Waals surface area contributed by atoms with Crippen molar-refractivity contribution in [3.63, 3.8) is 0 Å². The van der Waals surface area contributed by atoms with Gasteiger partial charge in [0.15, 0.2) is 0 Å². The lowest BCUT2D eigenvalue weighted by Crippen LogP contribution is -2.46.